The highest BCUT2D eigenvalue weighted by atomic mass is 35.5. The van der Waals surface area contributed by atoms with Crippen molar-refractivity contribution in [2.24, 2.45) is 5.92 Å². The summed E-state index contributed by atoms with van der Waals surface area (Å²) in [5, 5.41) is 1.64. The van der Waals surface area contributed by atoms with Crippen molar-refractivity contribution in [2.45, 2.75) is 31.2 Å². The number of esters is 1. The number of carbonyl (C=O) groups is 1. The first kappa shape index (κ1) is 18.5. The average Bonchev–Trinajstić information content (AvgIpc) is 2.62. The van der Waals surface area contributed by atoms with E-state index in [-0.39, 0.29) is 11.9 Å². The van der Waals surface area contributed by atoms with Crippen molar-refractivity contribution in [1.29, 1.82) is 0 Å². The molecule has 3 rings (SSSR count). The van der Waals surface area contributed by atoms with Crippen LogP contribution in [0.3, 0.4) is 0 Å². The molecular formula is C19H23ClN2O2S. The summed E-state index contributed by atoms with van der Waals surface area (Å²) in [5.41, 5.74) is 1.93. The van der Waals surface area contributed by atoms with Crippen LogP contribution >= 0.6 is 23.4 Å². The third-order valence-corrected chi connectivity index (χ3v) is 5.62. The van der Waals surface area contributed by atoms with Crippen molar-refractivity contribution in [3.63, 3.8) is 0 Å². The van der Waals surface area contributed by atoms with E-state index in [0.29, 0.717) is 18.3 Å². The van der Waals surface area contributed by atoms with Crippen molar-refractivity contribution in [3.8, 4) is 0 Å². The number of aromatic nitrogens is 1. The summed E-state index contributed by atoms with van der Waals surface area (Å²) in [6.07, 6.45) is 3.95. The highest BCUT2D eigenvalue weighted by molar-refractivity contribution is 7.98. The largest absolute Gasteiger partial charge is 0.466 e. The molecule has 1 atom stereocenters. The Hall–Kier alpha value is -1.30. The molecule has 0 bridgehead atoms. The van der Waals surface area contributed by atoms with E-state index in [9.17, 15) is 4.79 Å². The van der Waals surface area contributed by atoms with Gasteiger partial charge in [-0.05, 0) is 50.8 Å². The number of ether oxygens (including phenoxy) is 1. The summed E-state index contributed by atoms with van der Waals surface area (Å²) in [6, 6.07) is 8.37. The van der Waals surface area contributed by atoms with Crippen molar-refractivity contribution in [1.82, 2.24) is 9.88 Å². The number of rotatable bonds is 5. The fourth-order valence-corrected chi connectivity index (χ4v) is 3.94. The van der Waals surface area contributed by atoms with E-state index in [4.69, 9.17) is 16.3 Å². The molecule has 0 N–H and O–H groups in total. The van der Waals surface area contributed by atoms with Gasteiger partial charge in [0.2, 0.25) is 0 Å². The highest BCUT2D eigenvalue weighted by Gasteiger charge is 2.27. The Balaban J connectivity index is 1.75. The molecule has 0 saturated carbocycles. The zero-order valence-corrected chi connectivity index (χ0v) is 16.2. The average molecular weight is 379 g/mol. The van der Waals surface area contributed by atoms with Gasteiger partial charge in [0, 0.05) is 28.9 Å². The van der Waals surface area contributed by atoms with Crippen LogP contribution in [0.5, 0.6) is 0 Å². The Morgan fingerprint density at radius 1 is 1.44 bits per heavy atom. The molecule has 1 aliphatic rings. The molecule has 0 spiro atoms. The summed E-state index contributed by atoms with van der Waals surface area (Å²) in [5.74, 6) is -0.121. The molecule has 1 aromatic carbocycles. The number of hydrogen-bond donors (Lipinski definition) is 0. The van der Waals surface area contributed by atoms with Gasteiger partial charge in [-0.15, -0.1) is 11.8 Å². The molecule has 4 nitrogen and oxygen atoms in total. The second-order valence-electron chi connectivity index (χ2n) is 6.32. The lowest BCUT2D eigenvalue weighted by molar-refractivity contribution is -0.150. The fourth-order valence-electron chi connectivity index (χ4n) is 3.30. The van der Waals surface area contributed by atoms with E-state index in [2.05, 4.69) is 34.1 Å². The predicted octanol–water partition coefficient (Wildman–Crippen LogP) is 4.39. The molecule has 0 amide bonds. The molecule has 2 aromatic rings. The monoisotopic (exact) mass is 378 g/mol. The maximum absolute atomic E-state index is 12.0. The van der Waals surface area contributed by atoms with Gasteiger partial charge in [0.05, 0.1) is 18.0 Å². The quantitative estimate of drug-likeness (QED) is 0.438. The summed E-state index contributed by atoms with van der Waals surface area (Å²) < 4.78 is 5.18. The van der Waals surface area contributed by atoms with E-state index in [1.54, 1.807) is 11.8 Å². The lowest BCUT2D eigenvalue weighted by Crippen LogP contribution is -2.39. The van der Waals surface area contributed by atoms with Gasteiger partial charge in [0.25, 0.3) is 0 Å². The summed E-state index contributed by atoms with van der Waals surface area (Å²) in [6.45, 7) is 4.69. The Kier molecular flexibility index (Phi) is 6.20. The summed E-state index contributed by atoms with van der Waals surface area (Å²) in [4.78, 5) is 20.0. The van der Waals surface area contributed by atoms with Crippen molar-refractivity contribution < 1.29 is 9.53 Å². The van der Waals surface area contributed by atoms with E-state index >= 15 is 0 Å². The lowest BCUT2D eigenvalue weighted by Gasteiger charge is -2.31. The molecular weight excluding hydrogens is 356 g/mol. The first-order valence-corrected chi connectivity index (χ1v) is 10.2. The molecule has 134 valence electrons. The van der Waals surface area contributed by atoms with E-state index in [1.807, 2.05) is 13.2 Å². The first-order valence-electron chi connectivity index (χ1n) is 8.63. The number of benzene rings is 1. The van der Waals surface area contributed by atoms with E-state index < -0.39 is 0 Å². The minimum atomic E-state index is -0.0838. The number of carbonyl (C=O) groups excluding carboxylic acids is 1. The van der Waals surface area contributed by atoms with Gasteiger partial charge < -0.3 is 4.74 Å². The zero-order valence-electron chi connectivity index (χ0n) is 14.6. The lowest BCUT2D eigenvalue weighted by atomic mass is 9.98. The van der Waals surface area contributed by atoms with Gasteiger partial charge >= 0.3 is 5.97 Å². The van der Waals surface area contributed by atoms with Crippen LogP contribution in [-0.2, 0) is 16.1 Å². The standard InChI is InChI=1S/C19H23ClN2O2S/c1-3-24-19(23)14-5-4-8-22(11-14)12-15-9-13-6-7-16(25-2)10-17(13)21-18(15)20/h6-7,9-10,14H,3-5,8,11-12H2,1-2H3/t14-/m1/s1. The van der Waals surface area contributed by atoms with Crippen LogP contribution in [0.4, 0.5) is 0 Å². The molecule has 0 aliphatic carbocycles. The Morgan fingerprint density at radius 2 is 2.28 bits per heavy atom. The van der Waals surface area contributed by atoms with Crippen molar-refractivity contribution in [2.75, 3.05) is 26.0 Å². The number of thioether (sulfide) groups is 1. The molecule has 1 fully saturated rings. The van der Waals surface area contributed by atoms with Crippen LogP contribution in [0, 0.1) is 5.92 Å². The summed E-state index contributed by atoms with van der Waals surface area (Å²) >= 11 is 8.12. The smallest absolute Gasteiger partial charge is 0.310 e. The van der Waals surface area contributed by atoms with Crippen molar-refractivity contribution >= 4 is 40.2 Å². The molecule has 0 unspecified atom stereocenters. The van der Waals surface area contributed by atoms with Gasteiger partial charge in [-0.2, -0.15) is 0 Å². The number of nitrogens with zero attached hydrogens (tertiary/aromatic N) is 2. The van der Waals surface area contributed by atoms with Gasteiger partial charge in [-0.3, -0.25) is 9.69 Å². The molecule has 1 saturated heterocycles. The van der Waals surface area contributed by atoms with Crippen LogP contribution < -0.4 is 0 Å². The second kappa shape index (κ2) is 8.39. The Labute approximate surface area is 157 Å². The van der Waals surface area contributed by atoms with Crippen molar-refractivity contribution in [3.05, 3.63) is 35.0 Å². The maximum Gasteiger partial charge on any atom is 0.310 e. The normalized spacial score (nSPS) is 18.4. The number of fused-ring (bicyclic) bond motifs is 1. The fraction of sp³-hybridized carbons (Fsp3) is 0.474. The van der Waals surface area contributed by atoms with E-state index in [1.165, 1.54) is 4.90 Å². The highest BCUT2D eigenvalue weighted by Crippen LogP contribution is 2.27. The predicted molar refractivity (Wildman–Crippen MR) is 103 cm³/mol. The van der Waals surface area contributed by atoms with Gasteiger partial charge in [0.1, 0.15) is 5.15 Å². The van der Waals surface area contributed by atoms with Gasteiger partial charge in [-0.25, -0.2) is 4.98 Å². The number of hydrogen-bond acceptors (Lipinski definition) is 5. The molecule has 25 heavy (non-hydrogen) atoms. The zero-order chi connectivity index (χ0) is 17.8. The van der Waals surface area contributed by atoms with Crippen LogP contribution in [0.15, 0.2) is 29.2 Å². The molecule has 6 heteroatoms. The summed E-state index contributed by atoms with van der Waals surface area (Å²) in [7, 11) is 0. The Morgan fingerprint density at radius 3 is 3.04 bits per heavy atom. The number of pyridine rings is 1. The van der Waals surface area contributed by atoms with Crippen LogP contribution in [0.2, 0.25) is 5.15 Å². The maximum atomic E-state index is 12.0. The molecule has 0 radical (unpaired) electrons. The third kappa shape index (κ3) is 4.46. The van der Waals surface area contributed by atoms with Crippen LogP contribution in [-0.4, -0.2) is 41.8 Å². The van der Waals surface area contributed by atoms with E-state index in [0.717, 1.165) is 42.4 Å². The molecule has 1 aliphatic heterocycles. The number of piperidine rings is 1. The minimum absolute atomic E-state index is 0.0370. The van der Waals surface area contributed by atoms with Crippen LogP contribution in [0.25, 0.3) is 10.9 Å². The number of halogens is 1. The molecule has 2 heterocycles. The third-order valence-electron chi connectivity index (χ3n) is 4.57. The topological polar surface area (TPSA) is 42.4 Å². The minimum Gasteiger partial charge on any atom is -0.466 e. The van der Waals surface area contributed by atoms with Gasteiger partial charge in [-0.1, -0.05) is 17.7 Å². The van der Waals surface area contributed by atoms with Gasteiger partial charge in [0.15, 0.2) is 0 Å². The second-order valence-corrected chi connectivity index (χ2v) is 7.56. The SMILES string of the molecule is CCOC(=O)[C@@H]1CCCN(Cc2cc3ccc(SC)cc3nc2Cl)C1. The number of likely N-dealkylation sites (tertiary alicyclic amines) is 1. The van der Waals surface area contributed by atoms with Crippen LogP contribution in [0.1, 0.15) is 25.3 Å². The Bertz CT molecular complexity index is 768. The first-order chi connectivity index (χ1) is 12.1. The molecule has 1 aromatic heterocycles.